The van der Waals surface area contributed by atoms with E-state index in [-0.39, 0.29) is 0 Å². The fraction of sp³-hybridized carbons (Fsp3) is 0.393. The van der Waals surface area contributed by atoms with Gasteiger partial charge in [-0.3, -0.25) is 0 Å². The number of benzene rings is 2. The minimum Gasteiger partial charge on any atom is -0.455 e. The molecule has 0 amide bonds. The Morgan fingerprint density at radius 3 is 2.60 bits per heavy atom. The van der Waals surface area contributed by atoms with E-state index in [1.165, 1.54) is 79.0 Å². The molecule has 0 saturated heterocycles. The highest BCUT2D eigenvalue weighted by atomic mass is 16.3. The van der Waals surface area contributed by atoms with Crippen molar-refractivity contribution in [3.05, 3.63) is 65.4 Å². The van der Waals surface area contributed by atoms with Gasteiger partial charge in [-0.1, -0.05) is 49.6 Å². The summed E-state index contributed by atoms with van der Waals surface area (Å²) in [5.41, 5.74) is 9.48. The van der Waals surface area contributed by atoms with Crippen LogP contribution in [0.25, 0.3) is 33.2 Å². The van der Waals surface area contributed by atoms with Crippen molar-refractivity contribution in [2.75, 3.05) is 0 Å². The molecule has 0 radical (unpaired) electrons. The van der Waals surface area contributed by atoms with E-state index in [1.54, 1.807) is 11.1 Å². The molecule has 2 nitrogen and oxygen atoms in total. The molecular weight excluding hydrogens is 366 g/mol. The second-order valence-corrected chi connectivity index (χ2v) is 9.79. The third-order valence-electron chi connectivity index (χ3n) is 7.87. The van der Waals surface area contributed by atoms with E-state index in [0.717, 1.165) is 11.2 Å². The smallest absolute Gasteiger partial charge is 0.216 e. The molecular formula is C28H30NO+. The summed E-state index contributed by atoms with van der Waals surface area (Å²) < 4.78 is 8.74. The number of aromatic nitrogens is 1. The van der Waals surface area contributed by atoms with Crippen LogP contribution in [0.5, 0.6) is 0 Å². The number of rotatable bonds is 1. The number of para-hydroxylation sites is 1. The number of hydrogen-bond donors (Lipinski definition) is 0. The summed E-state index contributed by atoms with van der Waals surface area (Å²) in [5, 5.41) is 2.42. The fourth-order valence-electron chi connectivity index (χ4n) is 6.21. The molecule has 2 heteroatoms. The van der Waals surface area contributed by atoms with Gasteiger partial charge in [0.15, 0.2) is 6.20 Å². The quantitative estimate of drug-likeness (QED) is 0.322. The van der Waals surface area contributed by atoms with Gasteiger partial charge < -0.3 is 4.42 Å². The van der Waals surface area contributed by atoms with Gasteiger partial charge in [0, 0.05) is 22.4 Å². The second-order valence-electron chi connectivity index (χ2n) is 9.79. The molecule has 0 N–H and O–H groups in total. The van der Waals surface area contributed by atoms with Crippen molar-refractivity contribution in [3.8, 4) is 11.3 Å². The van der Waals surface area contributed by atoms with Gasteiger partial charge in [-0.15, -0.1) is 0 Å². The van der Waals surface area contributed by atoms with Crippen molar-refractivity contribution in [1.29, 1.82) is 0 Å². The minimum absolute atomic E-state index is 0.558. The molecule has 0 atom stereocenters. The van der Waals surface area contributed by atoms with Crippen molar-refractivity contribution in [1.82, 2.24) is 0 Å². The van der Waals surface area contributed by atoms with Crippen LogP contribution in [0.15, 0.2) is 53.1 Å². The lowest BCUT2D eigenvalue weighted by molar-refractivity contribution is -0.660. The number of furan rings is 1. The molecule has 1 saturated carbocycles. The zero-order valence-corrected chi connectivity index (χ0v) is 18.1. The second kappa shape index (κ2) is 6.70. The Morgan fingerprint density at radius 1 is 0.900 bits per heavy atom. The van der Waals surface area contributed by atoms with Crippen molar-refractivity contribution in [2.24, 2.45) is 12.5 Å². The molecule has 4 aromatic rings. The van der Waals surface area contributed by atoms with Crippen molar-refractivity contribution >= 4 is 21.9 Å². The molecule has 2 aromatic heterocycles. The van der Waals surface area contributed by atoms with Crippen molar-refractivity contribution in [3.63, 3.8) is 0 Å². The van der Waals surface area contributed by atoms with E-state index >= 15 is 0 Å². The van der Waals surface area contributed by atoms with Crippen LogP contribution in [-0.4, -0.2) is 0 Å². The van der Waals surface area contributed by atoms with Crippen molar-refractivity contribution < 1.29 is 8.98 Å². The van der Waals surface area contributed by atoms with Crippen LogP contribution in [0.1, 0.15) is 55.2 Å². The largest absolute Gasteiger partial charge is 0.455 e. The van der Waals surface area contributed by atoms with Gasteiger partial charge in [-0.25, -0.2) is 4.57 Å². The van der Waals surface area contributed by atoms with Crippen LogP contribution < -0.4 is 4.57 Å². The SMILES string of the molecule is Cc1ccc2c(oc3ccccc32)c1-c1cc2c(c[n+]1C)CCC1(CCCCC1)C2. The molecule has 6 rings (SSSR count). The average molecular weight is 397 g/mol. The average Bonchev–Trinajstić information content (AvgIpc) is 3.13. The van der Waals surface area contributed by atoms with Crippen LogP contribution in [-0.2, 0) is 19.9 Å². The highest BCUT2D eigenvalue weighted by molar-refractivity contribution is 6.09. The third-order valence-corrected chi connectivity index (χ3v) is 7.87. The summed E-state index contributed by atoms with van der Waals surface area (Å²) in [6, 6.07) is 15.4. The van der Waals surface area contributed by atoms with E-state index < -0.39 is 0 Å². The number of aryl methyl sites for hydroxylation is 3. The predicted molar refractivity (Wildman–Crippen MR) is 123 cm³/mol. The van der Waals surface area contributed by atoms with E-state index in [1.807, 2.05) is 0 Å². The van der Waals surface area contributed by atoms with Crippen LogP contribution >= 0.6 is 0 Å². The first-order chi connectivity index (χ1) is 14.6. The molecule has 0 unspecified atom stereocenters. The van der Waals surface area contributed by atoms with Gasteiger partial charge in [0.25, 0.3) is 0 Å². The summed E-state index contributed by atoms with van der Waals surface area (Å²) in [5.74, 6) is 0. The lowest BCUT2D eigenvalue weighted by atomic mass is 9.64. The monoisotopic (exact) mass is 396 g/mol. The number of fused-ring (bicyclic) bond motifs is 4. The first-order valence-electron chi connectivity index (χ1n) is 11.6. The minimum atomic E-state index is 0.558. The van der Waals surface area contributed by atoms with Gasteiger partial charge in [0.05, 0.1) is 5.56 Å². The molecule has 1 fully saturated rings. The van der Waals surface area contributed by atoms with Crippen LogP contribution in [0, 0.1) is 12.3 Å². The lowest BCUT2D eigenvalue weighted by Gasteiger charge is -2.41. The van der Waals surface area contributed by atoms with Gasteiger partial charge in [-0.05, 0) is 61.6 Å². The Hall–Kier alpha value is -2.61. The Bertz CT molecular complexity index is 1270. The highest BCUT2D eigenvalue weighted by Gasteiger charge is 2.37. The molecule has 0 bridgehead atoms. The Kier molecular flexibility index (Phi) is 4.06. The van der Waals surface area contributed by atoms with Crippen LogP contribution in [0.4, 0.5) is 0 Å². The van der Waals surface area contributed by atoms with E-state index in [9.17, 15) is 0 Å². The third kappa shape index (κ3) is 2.73. The normalized spacial score (nSPS) is 18.2. The molecule has 2 aliphatic carbocycles. The Balaban J connectivity index is 1.54. The summed E-state index contributed by atoms with van der Waals surface area (Å²) in [6.45, 7) is 2.21. The summed E-state index contributed by atoms with van der Waals surface area (Å²) in [4.78, 5) is 0. The molecule has 2 aromatic carbocycles. The molecule has 152 valence electrons. The van der Waals surface area contributed by atoms with Gasteiger partial charge >= 0.3 is 0 Å². The Morgan fingerprint density at radius 2 is 1.73 bits per heavy atom. The van der Waals surface area contributed by atoms with E-state index in [4.69, 9.17) is 4.42 Å². The fourth-order valence-corrected chi connectivity index (χ4v) is 6.21. The number of nitrogens with zero attached hydrogens (tertiary/aromatic N) is 1. The molecule has 1 spiro atoms. The summed E-state index contributed by atoms with van der Waals surface area (Å²) >= 11 is 0. The maximum absolute atomic E-state index is 6.41. The number of pyridine rings is 1. The van der Waals surface area contributed by atoms with Crippen LogP contribution in [0.2, 0.25) is 0 Å². The topological polar surface area (TPSA) is 17.0 Å². The highest BCUT2D eigenvalue weighted by Crippen LogP contribution is 2.47. The van der Waals surface area contributed by atoms with E-state index in [0.29, 0.717) is 5.41 Å². The van der Waals surface area contributed by atoms with Gasteiger partial charge in [0.2, 0.25) is 5.69 Å². The summed E-state index contributed by atoms with van der Waals surface area (Å²) in [7, 11) is 2.20. The Labute approximate surface area is 178 Å². The van der Waals surface area contributed by atoms with E-state index in [2.05, 4.69) is 67.2 Å². The zero-order valence-electron chi connectivity index (χ0n) is 18.1. The number of hydrogen-bond acceptors (Lipinski definition) is 1. The standard InChI is InChI=1S/C28H30NO/c1-19-10-11-23-22-8-4-5-9-25(22)30-27(23)26(19)24-16-21-17-28(13-6-3-7-14-28)15-12-20(21)18-29(24)2/h4-5,8-11,16,18H,3,6-7,12-15,17H2,1-2H3/q+1. The molecule has 2 heterocycles. The maximum Gasteiger partial charge on any atom is 0.216 e. The lowest BCUT2D eigenvalue weighted by Crippen LogP contribution is -2.36. The van der Waals surface area contributed by atoms with Crippen molar-refractivity contribution in [2.45, 2.75) is 58.3 Å². The molecule has 0 aliphatic heterocycles. The summed E-state index contributed by atoms with van der Waals surface area (Å²) in [6.07, 6.45) is 13.3. The first kappa shape index (κ1) is 18.2. The molecule has 2 aliphatic rings. The maximum atomic E-state index is 6.41. The zero-order chi connectivity index (χ0) is 20.3. The predicted octanol–water partition coefficient (Wildman–Crippen LogP) is 6.83. The first-order valence-corrected chi connectivity index (χ1v) is 11.6. The molecule has 30 heavy (non-hydrogen) atoms. The van der Waals surface area contributed by atoms with Crippen LogP contribution in [0.3, 0.4) is 0 Å². The van der Waals surface area contributed by atoms with Gasteiger partial charge in [-0.2, -0.15) is 0 Å². The van der Waals surface area contributed by atoms with Gasteiger partial charge in [0.1, 0.15) is 18.2 Å².